The Labute approximate surface area is 112 Å². The molecule has 0 saturated carbocycles. The maximum absolute atomic E-state index is 9.96. The van der Waals surface area contributed by atoms with Crippen molar-refractivity contribution in [3.63, 3.8) is 0 Å². The van der Waals surface area contributed by atoms with Crippen molar-refractivity contribution in [1.29, 1.82) is 0 Å². The summed E-state index contributed by atoms with van der Waals surface area (Å²) in [5.41, 5.74) is 2.28. The second kappa shape index (κ2) is 7.14. The largest absolute Gasteiger partial charge is 0.489 e. The molecule has 0 amide bonds. The first kappa shape index (κ1) is 13.1. The lowest BCUT2D eigenvalue weighted by atomic mass is 10.1. The van der Waals surface area contributed by atoms with Crippen molar-refractivity contribution in [3.8, 4) is 5.75 Å². The van der Waals surface area contributed by atoms with Crippen molar-refractivity contribution in [2.45, 2.75) is 13.0 Å². The van der Waals surface area contributed by atoms with Crippen LogP contribution < -0.4 is 4.74 Å². The minimum atomic E-state index is 0.480. The summed E-state index contributed by atoms with van der Waals surface area (Å²) in [6, 6.07) is 17.9. The predicted molar refractivity (Wildman–Crippen MR) is 73.9 cm³/mol. The third-order valence-corrected chi connectivity index (χ3v) is 2.75. The van der Waals surface area contributed by atoms with Gasteiger partial charge in [0.25, 0.3) is 0 Å². The maximum Gasteiger partial charge on any atom is 0.234 e. The molecule has 0 fully saturated rings. The van der Waals surface area contributed by atoms with Crippen LogP contribution in [-0.2, 0) is 17.8 Å². The molecule has 0 spiro atoms. The van der Waals surface area contributed by atoms with E-state index in [0.29, 0.717) is 13.2 Å². The van der Waals surface area contributed by atoms with Gasteiger partial charge < -0.3 is 4.74 Å². The van der Waals surface area contributed by atoms with Crippen LogP contribution in [0.2, 0.25) is 0 Å². The van der Waals surface area contributed by atoms with Crippen LogP contribution in [-0.4, -0.2) is 12.6 Å². The molecule has 0 bridgehead atoms. The summed E-state index contributed by atoms with van der Waals surface area (Å²) in [5.74, 6) is 0.839. The Morgan fingerprint density at radius 1 is 0.947 bits per heavy atom. The average molecular weight is 253 g/mol. The fourth-order valence-corrected chi connectivity index (χ4v) is 1.72. The summed E-state index contributed by atoms with van der Waals surface area (Å²) in [6.07, 6.45) is 2.28. The molecular weight excluding hydrogens is 238 g/mol. The van der Waals surface area contributed by atoms with Gasteiger partial charge in [-0.25, -0.2) is 9.79 Å². The lowest BCUT2D eigenvalue weighted by molar-refractivity contribution is 0.306. The van der Waals surface area contributed by atoms with Gasteiger partial charge in [0.15, 0.2) is 0 Å². The zero-order valence-corrected chi connectivity index (χ0v) is 10.6. The molecule has 96 valence electrons. The highest BCUT2D eigenvalue weighted by atomic mass is 16.5. The van der Waals surface area contributed by atoms with E-state index >= 15 is 0 Å². The number of rotatable bonds is 6. The van der Waals surface area contributed by atoms with Crippen LogP contribution in [0.5, 0.6) is 5.75 Å². The van der Waals surface area contributed by atoms with Crippen molar-refractivity contribution in [1.82, 2.24) is 0 Å². The van der Waals surface area contributed by atoms with Gasteiger partial charge in [0.2, 0.25) is 6.08 Å². The van der Waals surface area contributed by atoms with E-state index < -0.39 is 0 Å². The summed E-state index contributed by atoms with van der Waals surface area (Å²) in [6.45, 7) is 1.04. The number of aliphatic imine (C=N–C) groups is 1. The summed E-state index contributed by atoms with van der Waals surface area (Å²) in [4.78, 5) is 13.5. The molecule has 3 nitrogen and oxygen atoms in total. The third-order valence-electron chi connectivity index (χ3n) is 2.75. The highest BCUT2D eigenvalue weighted by Gasteiger charge is 1.97. The van der Waals surface area contributed by atoms with E-state index in [1.165, 1.54) is 6.08 Å². The summed E-state index contributed by atoms with van der Waals surface area (Å²) < 4.78 is 5.69. The van der Waals surface area contributed by atoms with E-state index in [4.69, 9.17) is 4.74 Å². The molecule has 0 unspecified atom stereocenters. The standard InChI is InChI=1S/C16H15NO2/c18-13-17-11-10-14-6-8-16(9-7-14)19-12-15-4-2-1-3-5-15/h1-9H,10-12H2. The molecule has 2 aromatic rings. The monoisotopic (exact) mass is 253 g/mol. The Balaban J connectivity index is 1.86. The van der Waals surface area contributed by atoms with Gasteiger partial charge in [0.1, 0.15) is 12.4 Å². The Bertz CT molecular complexity index is 543. The molecular formula is C16H15NO2. The lowest BCUT2D eigenvalue weighted by Crippen LogP contribution is -1.95. The highest BCUT2D eigenvalue weighted by Crippen LogP contribution is 2.14. The lowest BCUT2D eigenvalue weighted by Gasteiger charge is -2.07. The van der Waals surface area contributed by atoms with Gasteiger partial charge in [0.05, 0.1) is 6.54 Å². The molecule has 0 aliphatic rings. The predicted octanol–water partition coefficient (Wildman–Crippen LogP) is 3.14. The van der Waals surface area contributed by atoms with Crippen LogP contribution in [0.1, 0.15) is 11.1 Å². The van der Waals surface area contributed by atoms with E-state index in [9.17, 15) is 4.79 Å². The van der Waals surface area contributed by atoms with Gasteiger partial charge in [0, 0.05) is 0 Å². The molecule has 3 heteroatoms. The minimum absolute atomic E-state index is 0.480. The second-order valence-electron chi connectivity index (χ2n) is 4.14. The van der Waals surface area contributed by atoms with Gasteiger partial charge >= 0.3 is 0 Å². The van der Waals surface area contributed by atoms with Crippen LogP contribution >= 0.6 is 0 Å². The van der Waals surface area contributed by atoms with E-state index in [2.05, 4.69) is 4.99 Å². The zero-order chi connectivity index (χ0) is 13.3. The van der Waals surface area contributed by atoms with Crippen LogP contribution in [0.3, 0.4) is 0 Å². The van der Waals surface area contributed by atoms with Crippen molar-refractivity contribution in [2.24, 2.45) is 4.99 Å². The van der Waals surface area contributed by atoms with Crippen molar-refractivity contribution >= 4 is 6.08 Å². The first-order valence-electron chi connectivity index (χ1n) is 6.18. The molecule has 0 N–H and O–H groups in total. The first-order chi connectivity index (χ1) is 9.38. The average Bonchev–Trinajstić information content (AvgIpc) is 2.48. The minimum Gasteiger partial charge on any atom is -0.489 e. The fourth-order valence-electron chi connectivity index (χ4n) is 1.72. The Morgan fingerprint density at radius 3 is 2.37 bits per heavy atom. The normalized spacial score (nSPS) is 9.68. The van der Waals surface area contributed by atoms with Gasteiger partial charge in [-0.3, -0.25) is 0 Å². The topological polar surface area (TPSA) is 38.7 Å². The van der Waals surface area contributed by atoms with Crippen LogP contribution in [0.25, 0.3) is 0 Å². The molecule has 0 atom stereocenters. The van der Waals surface area contributed by atoms with Crippen molar-refractivity contribution in [2.75, 3.05) is 6.54 Å². The molecule has 0 radical (unpaired) electrons. The fraction of sp³-hybridized carbons (Fsp3) is 0.188. The van der Waals surface area contributed by atoms with Gasteiger partial charge in [-0.1, -0.05) is 42.5 Å². The van der Waals surface area contributed by atoms with Crippen molar-refractivity contribution < 1.29 is 9.53 Å². The van der Waals surface area contributed by atoms with Crippen LogP contribution in [0, 0.1) is 0 Å². The molecule has 19 heavy (non-hydrogen) atoms. The number of hydrogen-bond acceptors (Lipinski definition) is 3. The smallest absolute Gasteiger partial charge is 0.234 e. The first-order valence-corrected chi connectivity index (χ1v) is 6.18. The van der Waals surface area contributed by atoms with E-state index in [0.717, 1.165) is 23.3 Å². The van der Waals surface area contributed by atoms with E-state index in [1.54, 1.807) is 0 Å². The van der Waals surface area contributed by atoms with Crippen LogP contribution in [0.4, 0.5) is 0 Å². The molecule has 0 aromatic heterocycles. The Morgan fingerprint density at radius 2 is 1.68 bits per heavy atom. The second-order valence-corrected chi connectivity index (χ2v) is 4.14. The van der Waals surface area contributed by atoms with E-state index in [-0.39, 0.29) is 0 Å². The number of carbonyl (C=O) groups excluding carboxylic acids is 1. The van der Waals surface area contributed by atoms with E-state index in [1.807, 2.05) is 54.6 Å². The Kier molecular flexibility index (Phi) is 4.91. The van der Waals surface area contributed by atoms with Crippen LogP contribution in [0.15, 0.2) is 59.6 Å². The van der Waals surface area contributed by atoms with Gasteiger partial charge in [-0.05, 0) is 29.7 Å². The SMILES string of the molecule is O=C=NCCc1ccc(OCc2ccccc2)cc1. The van der Waals surface area contributed by atoms with Crippen molar-refractivity contribution in [3.05, 3.63) is 65.7 Å². The number of benzene rings is 2. The molecule has 2 aromatic carbocycles. The third kappa shape index (κ3) is 4.41. The zero-order valence-electron chi connectivity index (χ0n) is 10.6. The summed E-state index contributed by atoms with van der Waals surface area (Å²) in [5, 5.41) is 0. The molecule has 2 rings (SSSR count). The molecule has 0 heterocycles. The molecule has 0 saturated heterocycles. The molecule has 0 aliphatic carbocycles. The quantitative estimate of drug-likeness (QED) is 0.586. The molecule has 0 aliphatic heterocycles. The Hall–Kier alpha value is -2.38. The number of isocyanates is 1. The number of ether oxygens (including phenoxy) is 1. The summed E-state index contributed by atoms with van der Waals surface area (Å²) >= 11 is 0. The van der Waals surface area contributed by atoms with Gasteiger partial charge in [-0.2, -0.15) is 0 Å². The van der Waals surface area contributed by atoms with Gasteiger partial charge in [-0.15, -0.1) is 0 Å². The maximum atomic E-state index is 9.96. The number of nitrogens with zero attached hydrogens (tertiary/aromatic N) is 1. The number of hydrogen-bond donors (Lipinski definition) is 0. The summed E-state index contributed by atoms with van der Waals surface area (Å²) in [7, 11) is 0. The highest BCUT2D eigenvalue weighted by molar-refractivity contribution is 5.33.